The minimum atomic E-state index is -0.293. The van der Waals surface area contributed by atoms with Crippen molar-refractivity contribution in [2.24, 2.45) is 0 Å². The first-order chi connectivity index (χ1) is 9.63. The molecule has 6 heteroatoms. The zero-order valence-corrected chi connectivity index (χ0v) is 11.5. The van der Waals surface area contributed by atoms with Gasteiger partial charge in [-0.15, -0.1) is 0 Å². The molecule has 106 valence electrons. The van der Waals surface area contributed by atoms with Gasteiger partial charge in [-0.3, -0.25) is 14.6 Å². The topological polar surface area (TPSA) is 82.5 Å². The summed E-state index contributed by atoms with van der Waals surface area (Å²) in [6.45, 7) is 1.89. The van der Waals surface area contributed by atoms with Crippen LogP contribution in [-0.4, -0.2) is 53.5 Å². The van der Waals surface area contributed by atoms with E-state index in [2.05, 4.69) is 22.1 Å². The maximum absolute atomic E-state index is 12.4. The molecule has 0 aliphatic heterocycles. The van der Waals surface area contributed by atoms with Crippen molar-refractivity contribution >= 4 is 11.8 Å². The van der Waals surface area contributed by atoms with Gasteiger partial charge in [-0.25, -0.2) is 0 Å². The minimum Gasteiger partial charge on any atom is -0.384 e. The Morgan fingerprint density at radius 2 is 2.25 bits per heavy atom. The lowest BCUT2D eigenvalue weighted by Crippen LogP contribution is -2.39. The van der Waals surface area contributed by atoms with Crippen LogP contribution in [0.15, 0.2) is 18.5 Å². The molecule has 0 saturated heterocycles. The highest BCUT2D eigenvalue weighted by Crippen LogP contribution is 2.09. The van der Waals surface area contributed by atoms with Gasteiger partial charge in [-0.2, -0.15) is 0 Å². The molecule has 0 fully saturated rings. The van der Waals surface area contributed by atoms with E-state index in [9.17, 15) is 9.59 Å². The molecule has 0 aromatic carbocycles. The van der Waals surface area contributed by atoms with Gasteiger partial charge in [0.15, 0.2) is 0 Å². The molecular formula is C14H17N3O3. The Labute approximate surface area is 117 Å². The number of hydrogen-bond donors (Lipinski definition) is 2. The number of carbonyl (C=O) groups is 2. The molecule has 0 spiro atoms. The van der Waals surface area contributed by atoms with E-state index in [1.165, 1.54) is 24.3 Å². The van der Waals surface area contributed by atoms with E-state index >= 15 is 0 Å². The van der Waals surface area contributed by atoms with E-state index in [1.54, 1.807) is 13.0 Å². The van der Waals surface area contributed by atoms with Crippen LogP contribution in [-0.2, 0) is 4.79 Å². The Balaban J connectivity index is 3.03. The van der Waals surface area contributed by atoms with Crippen molar-refractivity contribution in [1.29, 1.82) is 0 Å². The van der Waals surface area contributed by atoms with Crippen molar-refractivity contribution < 1.29 is 14.7 Å². The Morgan fingerprint density at radius 3 is 2.85 bits per heavy atom. The molecule has 0 aliphatic rings. The fraction of sp³-hybridized carbons (Fsp3) is 0.357. The lowest BCUT2D eigenvalue weighted by atomic mass is 10.1. The standard InChI is InChI=1S/C14H17N3O3/c1-3-17(10-13(19)15-2)14(20)12-6-7-16-9-11(12)5-4-8-18/h6-7,9,18H,3,8,10H2,1-2H3,(H,15,19). The predicted molar refractivity (Wildman–Crippen MR) is 73.8 cm³/mol. The zero-order chi connectivity index (χ0) is 15.0. The third kappa shape index (κ3) is 4.07. The molecule has 0 aliphatic carbocycles. The number of likely N-dealkylation sites (N-methyl/N-ethyl adjacent to an activating group) is 2. The second kappa shape index (κ2) is 7.92. The van der Waals surface area contributed by atoms with Crippen LogP contribution >= 0.6 is 0 Å². The predicted octanol–water partition coefficient (Wildman–Crippen LogP) is -0.367. The molecule has 2 amide bonds. The van der Waals surface area contributed by atoms with Gasteiger partial charge < -0.3 is 15.3 Å². The highest BCUT2D eigenvalue weighted by Gasteiger charge is 2.19. The van der Waals surface area contributed by atoms with Crippen LogP contribution in [0.3, 0.4) is 0 Å². The third-order valence-corrected chi connectivity index (χ3v) is 2.64. The number of carbonyl (C=O) groups excluding carboxylic acids is 2. The molecule has 1 aromatic rings. The Kier molecular flexibility index (Phi) is 6.20. The summed E-state index contributed by atoms with van der Waals surface area (Å²) in [5.41, 5.74) is 0.800. The number of pyridine rings is 1. The molecule has 0 atom stereocenters. The van der Waals surface area contributed by atoms with Gasteiger partial charge in [0.25, 0.3) is 5.91 Å². The van der Waals surface area contributed by atoms with E-state index in [-0.39, 0.29) is 25.0 Å². The molecule has 0 unspecified atom stereocenters. The van der Waals surface area contributed by atoms with Crippen LogP contribution in [0.4, 0.5) is 0 Å². The van der Waals surface area contributed by atoms with Gasteiger partial charge >= 0.3 is 0 Å². The number of aliphatic hydroxyl groups is 1. The summed E-state index contributed by atoms with van der Waals surface area (Å²) in [6, 6.07) is 1.55. The summed E-state index contributed by atoms with van der Waals surface area (Å²) < 4.78 is 0. The maximum Gasteiger partial charge on any atom is 0.255 e. The van der Waals surface area contributed by atoms with Crippen molar-refractivity contribution in [2.45, 2.75) is 6.92 Å². The Hall–Kier alpha value is -2.39. The minimum absolute atomic E-state index is 0.0129. The first-order valence-electron chi connectivity index (χ1n) is 6.17. The van der Waals surface area contributed by atoms with Gasteiger partial charge in [-0.05, 0) is 13.0 Å². The molecule has 0 radical (unpaired) electrons. The lowest BCUT2D eigenvalue weighted by molar-refractivity contribution is -0.121. The fourth-order valence-corrected chi connectivity index (χ4v) is 1.57. The summed E-state index contributed by atoms with van der Waals surface area (Å²) in [7, 11) is 1.52. The number of hydrogen-bond acceptors (Lipinski definition) is 4. The van der Waals surface area contributed by atoms with Crippen LogP contribution in [0.25, 0.3) is 0 Å². The largest absolute Gasteiger partial charge is 0.384 e. The average Bonchev–Trinajstić information content (AvgIpc) is 2.49. The molecule has 0 bridgehead atoms. The normalized spacial score (nSPS) is 9.35. The summed E-state index contributed by atoms with van der Waals surface area (Å²) in [4.78, 5) is 29.1. The van der Waals surface area contributed by atoms with Crippen molar-refractivity contribution in [3.8, 4) is 11.8 Å². The Bertz CT molecular complexity index is 546. The van der Waals surface area contributed by atoms with E-state index < -0.39 is 0 Å². The molecule has 1 aromatic heterocycles. The van der Waals surface area contributed by atoms with Crippen LogP contribution in [0.1, 0.15) is 22.8 Å². The van der Waals surface area contributed by atoms with E-state index in [0.29, 0.717) is 17.7 Å². The molecular weight excluding hydrogens is 258 g/mol. The maximum atomic E-state index is 12.4. The summed E-state index contributed by atoms with van der Waals surface area (Å²) >= 11 is 0. The van der Waals surface area contributed by atoms with Gasteiger partial charge in [0.05, 0.1) is 17.7 Å². The van der Waals surface area contributed by atoms with Crippen molar-refractivity contribution in [3.63, 3.8) is 0 Å². The molecule has 0 saturated carbocycles. The van der Waals surface area contributed by atoms with Gasteiger partial charge in [0.2, 0.25) is 5.91 Å². The van der Waals surface area contributed by atoms with Crippen molar-refractivity contribution in [1.82, 2.24) is 15.2 Å². The molecule has 6 nitrogen and oxygen atoms in total. The highest BCUT2D eigenvalue weighted by molar-refractivity contribution is 5.98. The first kappa shape index (κ1) is 15.7. The zero-order valence-electron chi connectivity index (χ0n) is 11.5. The number of aliphatic hydroxyl groups excluding tert-OH is 1. The van der Waals surface area contributed by atoms with Crippen LogP contribution < -0.4 is 5.32 Å². The lowest BCUT2D eigenvalue weighted by Gasteiger charge is -2.20. The highest BCUT2D eigenvalue weighted by atomic mass is 16.2. The number of aromatic nitrogens is 1. The first-order valence-corrected chi connectivity index (χ1v) is 6.17. The third-order valence-electron chi connectivity index (χ3n) is 2.64. The molecule has 1 rings (SSSR count). The molecule has 20 heavy (non-hydrogen) atoms. The summed E-state index contributed by atoms with van der Waals surface area (Å²) in [6.07, 6.45) is 2.95. The summed E-state index contributed by atoms with van der Waals surface area (Å²) in [5.74, 6) is 4.63. The van der Waals surface area contributed by atoms with E-state index in [4.69, 9.17) is 5.11 Å². The van der Waals surface area contributed by atoms with Gasteiger partial charge in [-0.1, -0.05) is 11.8 Å². The second-order valence-corrected chi connectivity index (χ2v) is 3.87. The number of nitrogens with one attached hydrogen (secondary N) is 1. The number of nitrogens with zero attached hydrogens (tertiary/aromatic N) is 2. The summed E-state index contributed by atoms with van der Waals surface area (Å²) in [5, 5.41) is 11.2. The number of rotatable bonds is 4. The molecule has 1 heterocycles. The van der Waals surface area contributed by atoms with Gasteiger partial charge in [0.1, 0.15) is 6.61 Å². The van der Waals surface area contributed by atoms with Gasteiger partial charge in [0, 0.05) is 26.0 Å². The van der Waals surface area contributed by atoms with Crippen LogP contribution in [0.5, 0.6) is 0 Å². The number of amides is 2. The fourth-order valence-electron chi connectivity index (χ4n) is 1.57. The Morgan fingerprint density at radius 1 is 1.50 bits per heavy atom. The van der Waals surface area contributed by atoms with E-state index in [1.807, 2.05) is 0 Å². The van der Waals surface area contributed by atoms with E-state index in [0.717, 1.165) is 0 Å². The van der Waals surface area contributed by atoms with Crippen molar-refractivity contribution in [3.05, 3.63) is 29.6 Å². The smallest absolute Gasteiger partial charge is 0.255 e. The second-order valence-electron chi connectivity index (χ2n) is 3.87. The monoisotopic (exact) mass is 275 g/mol. The quantitative estimate of drug-likeness (QED) is 0.735. The average molecular weight is 275 g/mol. The van der Waals surface area contributed by atoms with Crippen molar-refractivity contribution in [2.75, 3.05) is 26.7 Å². The SMILES string of the molecule is CCN(CC(=O)NC)C(=O)c1ccncc1C#CCO. The van der Waals surface area contributed by atoms with Crippen LogP contribution in [0.2, 0.25) is 0 Å². The van der Waals surface area contributed by atoms with Crippen LogP contribution in [0, 0.1) is 11.8 Å². The molecule has 2 N–H and O–H groups in total.